The van der Waals surface area contributed by atoms with Crippen molar-refractivity contribution in [3.8, 4) is 0 Å². The first-order chi connectivity index (χ1) is 12.8. The lowest BCUT2D eigenvalue weighted by Gasteiger charge is -2.35. The molecule has 132 valence electrons. The second-order valence-corrected chi connectivity index (χ2v) is 7.35. The zero-order valence-electron chi connectivity index (χ0n) is 14.5. The van der Waals surface area contributed by atoms with Gasteiger partial charge in [0.2, 0.25) is 0 Å². The number of hydrogen-bond acceptors (Lipinski definition) is 7. The van der Waals surface area contributed by atoms with Gasteiger partial charge in [0.1, 0.15) is 6.33 Å². The number of rotatable bonds is 3. The lowest BCUT2D eigenvalue weighted by atomic mass is 10.3. The third-order valence-corrected chi connectivity index (χ3v) is 5.95. The van der Waals surface area contributed by atoms with E-state index in [1.165, 1.54) is 4.70 Å². The molecule has 8 heteroatoms. The van der Waals surface area contributed by atoms with Crippen LogP contribution in [-0.2, 0) is 6.54 Å². The van der Waals surface area contributed by atoms with E-state index >= 15 is 0 Å². The lowest BCUT2D eigenvalue weighted by molar-refractivity contribution is 0.647. The average molecular weight is 365 g/mol. The predicted molar refractivity (Wildman–Crippen MR) is 105 cm³/mol. The van der Waals surface area contributed by atoms with Crippen LogP contribution in [0.5, 0.6) is 0 Å². The van der Waals surface area contributed by atoms with E-state index in [9.17, 15) is 0 Å². The topological polar surface area (TPSA) is 63.0 Å². The number of nitrogens with zero attached hydrogens (tertiary/aromatic N) is 7. The molecule has 4 heterocycles. The molecular formula is C18H19N7S. The molecule has 3 aromatic heterocycles. The number of aryl methyl sites for hydroxylation is 1. The second kappa shape index (κ2) is 6.21. The fourth-order valence-electron chi connectivity index (χ4n) is 3.44. The van der Waals surface area contributed by atoms with Crippen molar-refractivity contribution in [3.05, 3.63) is 36.9 Å². The van der Waals surface area contributed by atoms with Crippen molar-refractivity contribution in [2.24, 2.45) is 0 Å². The van der Waals surface area contributed by atoms with E-state index < -0.39 is 0 Å². The highest BCUT2D eigenvalue weighted by atomic mass is 32.1. The van der Waals surface area contributed by atoms with E-state index in [4.69, 9.17) is 4.98 Å². The summed E-state index contributed by atoms with van der Waals surface area (Å²) in [6, 6.07) is 8.32. The van der Waals surface area contributed by atoms with Gasteiger partial charge in [0, 0.05) is 32.7 Å². The van der Waals surface area contributed by atoms with Gasteiger partial charge in [0.25, 0.3) is 0 Å². The molecule has 0 N–H and O–H groups in total. The van der Waals surface area contributed by atoms with Crippen molar-refractivity contribution in [3.63, 3.8) is 0 Å². The summed E-state index contributed by atoms with van der Waals surface area (Å²) in [6.45, 7) is 6.62. The summed E-state index contributed by atoms with van der Waals surface area (Å²) in [5.74, 6) is 0.936. The Kier molecular flexibility index (Phi) is 3.70. The van der Waals surface area contributed by atoms with Gasteiger partial charge in [-0.05, 0) is 19.1 Å². The normalized spacial score (nSPS) is 15.3. The van der Waals surface area contributed by atoms with Crippen LogP contribution in [0.4, 0.5) is 10.9 Å². The van der Waals surface area contributed by atoms with Crippen LogP contribution in [0, 0.1) is 0 Å². The Morgan fingerprint density at radius 1 is 1.00 bits per heavy atom. The predicted octanol–water partition coefficient (Wildman–Crippen LogP) is 2.78. The van der Waals surface area contributed by atoms with Gasteiger partial charge >= 0.3 is 0 Å². The van der Waals surface area contributed by atoms with Crippen molar-refractivity contribution in [1.82, 2.24) is 24.5 Å². The van der Waals surface area contributed by atoms with Gasteiger partial charge in [-0.15, -0.1) is 0 Å². The molecule has 0 unspecified atom stereocenters. The summed E-state index contributed by atoms with van der Waals surface area (Å²) in [5.41, 5.74) is 2.88. The molecule has 7 nitrogen and oxygen atoms in total. The Bertz CT molecular complexity index is 1030. The van der Waals surface area contributed by atoms with Gasteiger partial charge in [0.15, 0.2) is 22.1 Å². The van der Waals surface area contributed by atoms with Crippen LogP contribution in [-0.4, -0.2) is 50.7 Å². The molecule has 0 saturated carbocycles. The van der Waals surface area contributed by atoms with E-state index in [-0.39, 0.29) is 0 Å². The Morgan fingerprint density at radius 3 is 2.62 bits per heavy atom. The molecule has 5 rings (SSSR count). The van der Waals surface area contributed by atoms with Crippen molar-refractivity contribution >= 4 is 43.7 Å². The average Bonchev–Trinajstić information content (AvgIpc) is 3.31. The van der Waals surface area contributed by atoms with Crippen molar-refractivity contribution in [1.29, 1.82) is 0 Å². The van der Waals surface area contributed by atoms with Gasteiger partial charge < -0.3 is 14.4 Å². The number of hydrogen-bond donors (Lipinski definition) is 0. The minimum absolute atomic E-state index is 0.859. The monoisotopic (exact) mass is 365 g/mol. The highest BCUT2D eigenvalue weighted by Crippen LogP contribution is 2.30. The third-order valence-electron chi connectivity index (χ3n) is 4.85. The molecule has 0 atom stereocenters. The molecule has 0 radical (unpaired) electrons. The zero-order chi connectivity index (χ0) is 17.5. The molecular weight excluding hydrogens is 346 g/mol. The molecule has 0 amide bonds. The molecule has 0 spiro atoms. The summed E-state index contributed by atoms with van der Waals surface area (Å²) in [5, 5.41) is 1.11. The fourth-order valence-corrected chi connectivity index (χ4v) is 4.45. The number of aromatic nitrogens is 5. The van der Waals surface area contributed by atoms with Crippen LogP contribution in [0.25, 0.3) is 21.4 Å². The quantitative estimate of drug-likeness (QED) is 0.556. The number of anilines is 2. The lowest BCUT2D eigenvalue weighted by Crippen LogP contribution is -2.46. The maximum absolute atomic E-state index is 4.78. The maximum Gasteiger partial charge on any atom is 0.186 e. The maximum atomic E-state index is 4.78. The van der Waals surface area contributed by atoms with Crippen molar-refractivity contribution in [2.45, 2.75) is 13.5 Å². The number of fused-ring (bicyclic) bond motifs is 2. The van der Waals surface area contributed by atoms with Crippen LogP contribution in [0.15, 0.2) is 36.9 Å². The molecule has 1 fully saturated rings. The highest BCUT2D eigenvalue weighted by molar-refractivity contribution is 7.22. The van der Waals surface area contributed by atoms with Crippen LogP contribution in [0.2, 0.25) is 0 Å². The van der Waals surface area contributed by atoms with Gasteiger partial charge in [-0.3, -0.25) is 0 Å². The van der Waals surface area contributed by atoms with Gasteiger partial charge in [-0.25, -0.2) is 19.9 Å². The smallest absolute Gasteiger partial charge is 0.186 e. The Hall–Kier alpha value is -2.74. The van der Waals surface area contributed by atoms with E-state index in [1.807, 2.05) is 12.4 Å². The number of para-hydroxylation sites is 1. The third kappa shape index (κ3) is 2.48. The Labute approximate surface area is 154 Å². The number of imidazole rings is 1. The zero-order valence-corrected chi connectivity index (χ0v) is 15.4. The highest BCUT2D eigenvalue weighted by Gasteiger charge is 2.23. The van der Waals surface area contributed by atoms with Crippen LogP contribution < -0.4 is 9.80 Å². The van der Waals surface area contributed by atoms with Gasteiger partial charge in [-0.2, -0.15) is 0 Å². The molecule has 1 aliphatic rings. The number of thiazole rings is 1. The summed E-state index contributed by atoms with van der Waals surface area (Å²) < 4.78 is 3.30. The van der Waals surface area contributed by atoms with Crippen LogP contribution >= 0.6 is 11.3 Å². The molecule has 1 aliphatic heterocycles. The first-order valence-electron chi connectivity index (χ1n) is 8.85. The van der Waals surface area contributed by atoms with Gasteiger partial charge in [0.05, 0.1) is 16.5 Å². The SMILES string of the molecule is CCn1cnc2c(N3CCN(c4nc5ccccc5s4)CC3)ncnc21. The summed E-state index contributed by atoms with van der Waals surface area (Å²) in [4.78, 5) is 22.9. The molecule has 26 heavy (non-hydrogen) atoms. The summed E-state index contributed by atoms with van der Waals surface area (Å²) in [6.07, 6.45) is 3.49. The van der Waals surface area contributed by atoms with E-state index in [2.05, 4.69) is 54.4 Å². The fraction of sp³-hybridized carbons (Fsp3) is 0.333. The molecule has 1 saturated heterocycles. The van der Waals surface area contributed by atoms with Crippen molar-refractivity contribution in [2.75, 3.05) is 36.0 Å². The Balaban J connectivity index is 1.38. The van der Waals surface area contributed by atoms with E-state index in [0.717, 1.165) is 60.4 Å². The number of benzene rings is 1. The van der Waals surface area contributed by atoms with E-state index in [0.29, 0.717) is 0 Å². The second-order valence-electron chi connectivity index (χ2n) is 6.34. The minimum Gasteiger partial charge on any atom is -0.351 e. The van der Waals surface area contributed by atoms with Crippen molar-refractivity contribution < 1.29 is 0 Å². The molecule has 1 aromatic carbocycles. The molecule has 4 aromatic rings. The summed E-state index contributed by atoms with van der Waals surface area (Å²) in [7, 11) is 0. The number of piperazine rings is 1. The first kappa shape index (κ1) is 15.5. The molecule has 0 aliphatic carbocycles. The minimum atomic E-state index is 0.859. The summed E-state index contributed by atoms with van der Waals surface area (Å²) >= 11 is 1.76. The standard InChI is InChI=1S/C18H19N7S/c1-2-23-12-21-15-16(23)19-11-20-17(15)24-7-9-25(10-8-24)18-22-13-5-3-4-6-14(13)26-18/h3-6,11-12H,2,7-10H2,1H3. The largest absolute Gasteiger partial charge is 0.351 e. The first-order valence-corrected chi connectivity index (χ1v) is 9.66. The molecule has 0 bridgehead atoms. The van der Waals surface area contributed by atoms with Gasteiger partial charge in [-0.1, -0.05) is 23.5 Å². The van der Waals surface area contributed by atoms with Crippen LogP contribution in [0.1, 0.15) is 6.92 Å². The van der Waals surface area contributed by atoms with E-state index in [1.54, 1.807) is 17.7 Å². The Morgan fingerprint density at radius 2 is 1.81 bits per heavy atom. The van der Waals surface area contributed by atoms with Crippen LogP contribution in [0.3, 0.4) is 0 Å².